The van der Waals surface area contributed by atoms with Crippen LogP contribution in [-0.4, -0.2) is 16.6 Å². The summed E-state index contributed by atoms with van der Waals surface area (Å²) in [6, 6.07) is 5.90. The largest absolute Gasteiger partial charge is 0.386 e. The minimum atomic E-state index is -1.44. The van der Waals surface area contributed by atoms with Crippen molar-refractivity contribution in [1.82, 2.24) is 0 Å². The van der Waals surface area contributed by atoms with E-state index in [1.54, 1.807) is 0 Å². The molecule has 0 aliphatic heterocycles. The molecule has 5 nitrogen and oxygen atoms in total. The molecule has 0 aromatic heterocycles. The molecule has 0 saturated carbocycles. The predicted molar refractivity (Wildman–Crippen MR) is 82.7 cm³/mol. The van der Waals surface area contributed by atoms with Crippen LogP contribution in [0.1, 0.15) is 17.2 Å². The number of hydrogen-bond donors (Lipinski definition) is 2. The number of rotatable bonds is 5. The number of hydrogen-bond acceptors (Lipinski definition) is 4. The molecule has 2 aromatic carbocycles. The van der Waals surface area contributed by atoms with Crippen LogP contribution < -0.4 is 5.32 Å². The number of aliphatic hydroxyl groups excluding tert-OH is 1. The van der Waals surface area contributed by atoms with E-state index in [1.807, 2.05) is 0 Å². The summed E-state index contributed by atoms with van der Waals surface area (Å²) in [7, 11) is 0. The van der Waals surface area contributed by atoms with Gasteiger partial charge in [0.1, 0.15) is 17.7 Å². The van der Waals surface area contributed by atoms with Crippen LogP contribution in [0.4, 0.5) is 20.2 Å². The molecule has 2 rings (SSSR count). The van der Waals surface area contributed by atoms with Crippen molar-refractivity contribution in [3.63, 3.8) is 0 Å². The van der Waals surface area contributed by atoms with E-state index in [4.69, 9.17) is 11.6 Å². The smallest absolute Gasteiger partial charge is 0.273 e. The number of nitrogens with zero attached hydrogens (tertiary/aromatic N) is 1. The van der Waals surface area contributed by atoms with Gasteiger partial charge in [0, 0.05) is 18.2 Å². The maximum absolute atomic E-state index is 13.6. The van der Waals surface area contributed by atoms with Crippen molar-refractivity contribution in [2.75, 3.05) is 11.9 Å². The van der Waals surface area contributed by atoms with Crippen LogP contribution in [0.5, 0.6) is 0 Å². The fourth-order valence-electron chi connectivity index (χ4n) is 2.14. The summed E-state index contributed by atoms with van der Waals surface area (Å²) in [5.41, 5.74) is 0.107. The van der Waals surface area contributed by atoms with Gasteiger partial charge in [-0.05, 0) is 25.1 Å². The van der Waals surface area contributed by atoms with E-state index >= 15 is 0 Å². The van der Waals surface area contributed by atoms with E-state index in [9.17, 15) is 24.0 Å². The maximum atomic E-state index is 13.6. The highest BCUT2D eigenvalue weighted by molar-refractivity contribution is 6.33. The zero-order valence-corrected chi connectivity index (χ0v) is 12.8. The molecular formula is C15H13ClF2N2O3. The number of nitro benzene ring substituents is 1. The number of anilines is 1. The van der Waals surface area contributed by atoms with Crippen LogP contribution in [0.3, 0.4) is 0 Å². The molecule has 0 spiro atoms. The lowest BCUT2D eigenvalue weighted by Crippen LogP contribution is -2.15. The van der Waals surface area contributed by atoms with Crippen molar-refractivity contribution < 1.29 is 18.8 Å². The average Bonchev–Trinajstić information content (AvgIpc) is 2.47. The van der Waals surface area contributed by atoms with Crippen LogP contribution in [0.25, 0.3) is 0 Å². The van der Waals surface area contributed by atoms with Gasteiger partial charge in [-0.25, -0.2) is 8.78 Å². The minimum Gasteiger partial charge on any atom is -0.386 e. The molecule has 1 atom stereocenters. The number of nitro groups is 1. The number of nitrogens with one attached hydrogen (secondary N) is 1. The number of halogens is 3. The zero-order valence-electron chi connectivity index (χ0n) is 12.0. The summed E-state index contributed by atoms with van der Waals surface area (Å²) in [5.74, 6) is -1.71. The summed E-state index contributed by atoms with van der Waals surface area (Å²) < 4.78 is 27.2. The highest BCUT2D eigenvalue weighted by Gasteiger charge is 2.19. The van der Waals surface area contributed by atoms with Crippen molar-refractivity contribution in [3.8, 4) is 0 Å². The van der Waals surface area contributed by atoms with Crippen molar-refractivity contribution in [2.24, 2.45) is 0 Å². The standard InChI is InChI=1S/C15H13ClF2N2O3/c1-8-5-12(9(16)6-13(8)20(22)23)19-7-14(21)15-10(17)3-2-4-11(15)18/h2-6,14,19,21H,7H2,1H3. The Morgan fingerprint density at radius 1 is 1.35 bits per heavy atom. The minimum absolute atomic E-state index is 0.0727. The second-order valence-electron chi connectivity index (χ2n) is 4.91. The molecule has 1 unspecified atom stereocenters. The fourth-order valence-corrected chi connectivity index (χ4v) is 2.37. The highest BCUT2D eigenvalue weighted by Crippen LogP contribution is 2.31. The second kappa shape index (κ2) is 6.89. The van der Waals surface area contributed by atoms with Crippen LogP contribution in [0, 0.1) is 28.7 Å². The molecule has 0 aliphatic carbocycles. The lowest BCUT2D eigenvalue weighted by atomic mass is 10.1. The Balaban J connectivity index is 2.18. The molecule has 0 heterocycles. The van der Waals surface area contributed by atoms with Gasteiger partial charge in [0.25, 0.3) is 5.69 Å². The molecule has 0 amide bonds. The average molecular weight is 343 g/mol. The molecule has 8 heteroatoms. The first-order valence-corrected chi connectivity index (χ1v) is 6.99. The molecule has 2 N–H and O–H groups in total. The topological polar surface area (TPSA) is 75.4 Å². The molecular weight excluding hydrogens is 330 g/mol. The van der Waals surface area contributed by atoms with Gasteiger partial charge < -0.3 is 10.4 Å². The Bertz CT molecular complexity index is 735. The Hall–Kier alpha value is -2.25. The third kappa shape index (κ3) is 3.75. The van der Waals surface area contributed by atoms with E-state index in [-0.39, 0.29) is 17.3 Å². The fraction of sp³-hybridized carbons (Fsp3) is 0.200. The molecule has 122 valence electrons. The summed E-state index contributed by atoms with van der Waals surface area (Å²) in [5, 5.41) is 23.6. The monoisotopic (exact) mass is 342 g/mol. The number of aliphatic hydroxyl groups is 1. The van der Waals surface area contributed by atoms with Gasteiger partial charge in [0.15, 0.2) is 0 Å². The van der Waals surface area contributed by atoms with Crippen LogP contribution in [-0.2, 0) is 0 Å². The Labute approximate surface area is 135 Å². The van der Waals surface area contributed by atoms with E-state index in [1.165, 1.54) is 25.1 Å². The highest BCUT2D eigenvalue weighted by atomic mass is 35.5. The van der Waals surface area contributed by atoms with Gasteiger partial charge in [0.2, 0.25) is 0 Å². The second-order valence-corrected chi connectivity index (χ2v) is 5.31. The van der Waals surface area contributed by atoms with Gasteiger partial charge >= 0.3 is 0 Å². The molecule has 0 aliphatic rings. The Morgan fingerprint density at radius 2 is 1.96 bits per heavy atom. The lowest BCUT2D eigenvalue weighted by molar-refractivity contribution is -0.385. The van der Waals surface area contributed by atoms with Crippen LogP contribution >= 0.6 is 11.6 Å². The van der Waals surface area contributed by atoms with Crippen molar-refractivity contribution in [1.29, 1.82) is 0 Å². The SMILES string of the molecule is Cc1cc(NCC(O)c2c(F)cccc2F)c(Cl)cc1[N+](=O)[O-]. The van der Waals surface area contributed by atoms with Crippen LogP contribution in [0.15, 0.2) is 30.3 Å². The van der Waals surface area contributed by atoms with Crippen molar-refractivity contribution in [2.45, 2.75) is 13.0 Å². The van der Waals surface area contributed by atoms with E-state index in [0.29, 0.717) is 11.3 Å². The molecule has 0 bridgehead atoms. The molecule has 2 aromatic rings. The zero-order chi connectivity index (χ0) is 17.1. The summed E-state index contributed by atoms with van der Waals surface area (Å²) in [4.78, 5) is 10.3. The van der Waals surface area contributed by atoms with Gasteiger partial charge in [-0.3, -0.25) is 10.1 Å². The van der Waals surface area contributed by atoms with Crippen molar-refractivity contribution in [3.05, 3.63) is 68.2 Å². The normalized spacial score (nSPS) is 12.0. The quantitative estimate of drug-likeness (QED) is 0.636. The van der Waals surface area contributed by atoms with E-state index in [2.05, 4.69) is 5.32 Å². The van der Waals surface area contributed by atoms with E-state index in [0.717, 1.165) is 12.1 Å². The predicted octanol–water partition coefficient (Wildman–Crippen LogP) is 3.98. The summed E-state index contributed by atoms with van der Waals surface area (Å²) >= 11 is 5.94. The number of benzene rings is 2. The third-order valence-electron chi connectivity index (χ3n) is 3.30. The maximum Gasteiger partial charge on any atom is 0.273 e. The van der Waals surface area contributed by atoms with E-state index < -0.39 is 28.2 Å². The van der Waals surface area contributed by atoms with Crippen LogP contribution in [0.2, 0.25) is 5.02 Å². The first kappa shape index (κ1) is 17.1. The first-order valence-electron chi connectivity index (χ1n) is 6.61. The van der Waals surface area contributed by atoms with Crippen molar-refractivity contribution >= 4 is 23.0 Å². The molecule has 0 fully saturated rings. The third-order valence-corrected chi connectivity index (χ3v) is 3.61. The van der Waals surface area contributed by atoms with Gasteiger partial charge in [0.05, 0.1) is 21.2 Å². The van der Waals surface area contributed by atoms with Gasteiger partial charge in [-0.15, -0.1) is 0 Å². The summed E-state index contributed by atoms with van der Waals surface area (Å²) in [6.07, 6.45) is -1.44. The molecule has 0 saturated heterocycles. The Morgan fingerprint density at radius 3 is 2.52 bits per heavy atom. The molecule has 0 radical (unpaired) electrons. The Kier molecular flexibility index (Phi) is 5.12. The number of aryl methyl sites for hydroxylation is 1. The van der Waals surface area contributed by atoms with Gasteiger partial charge in [-0.2, -0.15) is 0 Å². The molecule has 23 heavy (non-hydrogen) atoms. The van der Waals surface area contributed by atoms with Gasteiger partial charge in [-0.1, -0.05) is 17.7 Å². The lowest BCUT2D eigenvalue weighted by Gasteiger charge is -2.15. The first-order chi connectivity index (χ1) is 10.8. The summed E-state index contributed by atoms with van der Waals surface area (Å²) in [6.45, 7) is 1.32.